The third kappa shape index (κ3) is 4.64. The average molecular weight is 690 g/mol. The highest BCUT2D eigenvalue weighted by molar-refractivity contribution is 6.10. The van der Waals surface area contributed by atoms with E-state index in [1.807, 2.05) is 0 Å². The molecule has 250 valence electrons. The van der Waals surface area contributed by atoms with E-state index in [4.69, 9.17) is 24.9 Å². The van der Waals surface area contributed by atoms with E-state index in [9.17, 15) is 39.6 Å². The number of nitrogens with one attached hydrogen (secondary N) is 2. The minimum Gasteiger partial charge on any atom is -0.478 e. The van der Waals surface area contributed by atoms with Crippen molar-refractivity contribution in [3.63, 3.8) is 0 Å². The average Bonchev–Trinajstić information content (AvgIpc) is 3.85. The molecule has 4 aromatic carbocycles. The largest absolute Gasteiger partial charge is 0.478 e. The molecule has 0 radical (unpaired) electrons. The quantitative estimate of drug-likeness (QED) is 0.119. The van der Waals surface area contributed by atoms with Crippen molar-refractivity contribution >= 4 is 67.9 Å². The Balaban J connectivity index is 1.48. The van der Waals surface area contributed by atoms with Crippen molar-refractivity contribution in [1.29, 1.82) is 0 Å². The van der Waals surface area contributed by atoms with Crippen LogP contribution in [0.3, 0.4) is 0 Å². The number of carboxylic acids is 4. The van der Waals surface area contributed by atoms with Gasteiger partial charge in [0.1, 0.15) is 16.9 Å². The number of carbonyl (C=O) groups is 4. The summed E-state index contributed by atoms with van der Waals surface area (Å²) in [4.78, 5) is 78.3. The summed E-state index contributed by atoms with van der Waals surface area (Å²) in [5.74, 6) is -4.21. The number of aromatic nitrogens is 7. The minimum atomic E-state index is -1.17. The van der Waals surface area contributed by atoms with Gasteiger partial charge in [-0.05, 0) is 72.8 Å². The van der Waals surface area contributed by atoms with Crippen LogP contribution in [0.5, 0.6) is 0 Å². The zero-order valence-corrected chi connectivity index (χ0v) is 26.2. The highest BCUT2D eigenvalue weighted by Gasteiger charge is 2.24. The lowest BCUT2D eigenvalue weighted by atomic mass is 10.0. The highest BCUT2D eigenvalue weighted by atomic mass is 16.4. The van der Waals surface area contributed by atoms with Gasteiger partial charge < -0.3 is 30.4 Å². The van der Waals surface area contributed by atoms with Gasteiger partial charge in [-0.1, -0.05) is 6.07 Å². The van der Waals surface area contributed by atoms with Crippen molar-refractivity contribution in [1.82, 2.24) is 34.9 Å². The zero-order valence-electron chi connectivity index (χ0n) is 26.2. The molecule has 0 unspecified atom stereocenters. The van der Waals surface area contributed by atoms with Crippen molar-refractivity contribution < 1.29 is 39.6 Å². The van der Waals surface area contributed by atoms with Gasteiger partial charge in [0, 0.05) is 49.3 Å². The Morgan fingerprint density at radius 3 is 1.46 bits per heavy atom. The normalized spacial score (nSPS) is 11.7. The molecule has 15 heteroatoms. The third-order valence-corrected chi connectivity index (χ3v) is 8.98. The monoisotopic (exact) mass is 689 g/mol. The summed E-state index contributed by atoms with van der Waals surface area (Å²) in [5.41, 5.74) is 3.30. The summed E-state index contributed by atoms with van der Waals surface area (Å²) < 4.78 is 0. The molecule has 3 aromatic heterocycles. The lowest BCUT2D eigenvalue weighted by Gasteiger charge is -2.01. The third-order valence-electron chi connectivity index (χ3n) is 8.98. The number of aromatic carboxylic acids is 4. The number of hydrogen-bond acceptors (Lipinski definition) is 9. The summed E-state index contributed by atoms with van der Waals surface area (Å²) in [6.07, 6.45) is 0. The summed E-state index contributed by atoms with van der Waals surface area (Å²) in [7, 11) is 0. The van der Waals surface area contributed by atoms with Crippen LogP contribution < -0.4 is 0 Å². The van der Waals surface area contributed by atoms with Gasteiger partial charge >= 0.3 is 23.9 Å². The van der Waals surface area contributed by atoms with Gasteiger partial charge in [-0.3, -0.25) is 0 Å². The number of rotatable bonds is 4. The molecule has 0 saturated carbocycles. The van der Waals surface area contributed by atoms with E-state index >= 15 is 0 Å². The molecule has 5 heterocycles. The topological polar surface area (TPSA) is 245 Å². The molecule has 15 nitrogen and oxygen atoms in total. The van der Waals surface area contributed by atoms with Crippen LogP contribution in [0.25, 0.3) is 89.4 Å². The standard InChI is InChI=1S/C37H19N7O8/c45-34(46)14-2-6-19-22(9-14)27-13-26-18-5-1-15(35(47)48)10-23(18)31(38-26)41-29-20-7-3-17(37(51)52)12-25(20)33(42-29)44-30-21-8-4-16(36(49)50)11-24(21)32(43-30)40-28(19)39-27/h1-13H,(H,45,46)(H,47,48)(H,49,50)(H,51,52)(H2,38,39,40,41,42,43,44). The molecule has 2 aliphatic rings. The fourth-order valence-electron chi connectivity index (χ4n) is 6.49. The Kier molecular flexibility index (Phi) is 6.31. The molecule has 7 aromatic rings. The van der Waals surface area contributed by atoms with Crippen LogP contribution in [0.4, 0.5) is 0 Å². The molecule has 0 spiro atoms. The first-order valence-corrected chi connectivity index (χ1v) is 15.5. The van der Waals surface area contributed by atoms with Gasteiger partial charge in [-0.25, -0.2) is 44.1 Å². The van der Waals surface area contributed by atoms with Crippen LogP contribution in [0.15, 0.2) is 78.9 Å². The molecular formula is C37H19N7O8. The summed E-state index contributed by atoms with van der Waals surface area (Å²) >= 11 is 0. The number of nitrogens with zero attached hydrogens (tertiary/aromatic N) is 5. The molecule has 0 saturated heterocycles. The second-order valence-corrected chi connectivity index (χ2v) is 12.0. The van der Waals surface area contributed by atoms with Crippen LogP contribution >= 0.6 is 0 Å². The maximum absolute atomic E-state index is 12.0. The number of benzene rings is 4. The molecule has 0 fully saturated rings. The van der Waals surface area contributed by atoms with Crippen molar-refractivity contribution in [3.8, 4) is 45.4 Å². The maximum atomic E-state index is 12.0. The predicted molar refractivity (Wildman–Crippen MR) is 186 cm³/mol. The van der Waals surface area contributed by atoms with Crippen molar-refractivity contribution in [3.05, 3.63) is 101 Å². The molecule has 0 aliphatic carbocycles. The number of fused-ring (bicyclic) bond motifs is 20. The maximum Gasteiger partial charge on any atom is 0.335 e. The van der Waals surface area contributed by atoms with Gasteiger partial charge in [0.25, 0.3) is 0 Å². The molecule has 52 heavy (non-hydrogen) atoms. The first kappa shape index (κ1) is 30.3. The van der Waals surface area contributed by atoms with E-state index in [2.05, 4.69) is 9.97 Å². The number of aromatic amines is 2. The molecule has 9 rings (SSSR count). The molecule has 0 amide bonds. The summed E-state index contributed by atoms with van der Waals surface area (Å²) in [6, 6.07) is 19.5. The van der Waals surface area contributed by atoms with Gasteiger partial charge in [-0.2, -0.15) is 0 Å². The van der Waals surface area contributed by atoms with Crippen LogP contribution in [0.1, 0.15) is 41.4 Å². The van der Waals surface area contributed by atoms with Gasteiger partial charge in [0.15, 0.2) is 17.5 Å². The molecule has 6 N–H and O–H groups in total. The van der Waals surface area contributed by atoms with E-state index in [1.165, 1.54) is 48.5 Å². The van der Waals surface area contributed by atoms with E-state index < -0.39 is 23.9 Å². The Morgan fingerprint density at radius 2 is 0.846 bits per heavy atom. The first-order valence-electron chi connectivity index (χ1n) is 15.5. The van der Waals surface area contributed by atoms with Crippen molar-refractivity contribution in [2.24, 2.45) is 0 Å². The molecule has 0 atom stereocenters. The van der Waals surface area contributed by atoms with E-state index in [-0.39, 0.29) is 56.7 Å². The summed E-state index contributed by atoms with van der Waals surface area (Å²) in [5, 5.41) is 41.1. The number of H-pyrrole nitrogens is 2. The first-order chi connectivity index (χ1) is 25.0. The Bertz CT molecular complexity index is 2800. The van der Waals surface area contributed by atoms with Gasteiger partial charge in [0.2, 0.25) is 0 Å². The van der Waals surface area contributed by atoms with Crippen molar-refractivity contribution in [2.45, 2.75) is 0 Å². The van der Waals surface area contributed by atoms with Crippen LogP contribution in [-0.2, 0) is 0 Å². The fraction of sp³-hybridized carbons (Fsp3) is 0. The second-order valence-electron chi connectivity index (χ2n) is 12.0. The van der Waals surface area contributed by atoms with E-state index in [0.717, 1.165) is 0 Å². The van der Waals surface area contributed by atoms with Crippen LogP contribution in [-0.4, -0.2) is 79.2 Å². The lowest BCUT2D eigenvalue weighted by Crippen LogP contribution is -1.96. The van der Waals surface area contributed by atoms with Crippen LogP contribution in [0.2, 0.25) is 0 Å². The zero-order chi connectivity index (χ0) is 36.0. The fourth-order valence-corrected chi connectivity index (χ4v) is 6.49. The highest BCUT2D eigenvalue weighted by Crippen LogP contribution is 2.39. The molecule has 2 aliphatic heterocycles. The smallest absolute Gasteiger partial charge is 0.335 e. The molecule has 8 bridgehead atoms. The number of hydrogen-bond donors (Lipinski definition) is 6. The van der Waals surface area contributed by atoms with Gasteiger partial charge in [0.05, 0.1) is 27.9 Å². The Morgan fingerprint density at radius 1 is 0.404 bits per heavy atom. The Hall–Kier alpha value is -7.81. The van der Waals surface area contributed by atoms with Crippen LogP contribution in [0, 0.1) is 0 Å². The lowest BCUT2D eigenvalue weighted by molar-refractivity contribution is 0.0686. The Labute approximate surface area is 288 Å². The number of carboxylic acid groups (broad SMARTS) is 4. The minimum absolute atomic E-state index is 0.000200. The van der Waals surface area contributed by atoms with E-state index in [0.29, 0.717) is 55.0 Å². The van der Waals surface area contributed by atoms with Gasteiger partial charge in [-0.15, -0.1) is 0 Å². The van der Waals surface area contributed by atoms with Crippen molar-refractivity contribution in [2.75, 3.05) is 0 Å². The van der Waals surface area contributed by atoms with E-state index in [1.54, 1.807) is 30.3 Å². The molecular weight excluding hydrogens is 670 g/mol. The SMILES string of the molecule is O=C(O)c1ccc2c(c1)-c1nc-2cc2[nH]c(nc3nc(nc4[nH]c(n1)c1ccc(C(=O)O)cc41)-c1ccc(C(=O)O)cc1-3)c1ccc(C(=O)O)cc21. The summed E-state index contributed by atoms with van der Waals surface area (Å²) in [6.45, 7) is 0. The predicted octanol–water partition coefficient (Wildman–Crippen LogP) is 6.27. The second kappa shape index (κ2) is 10.8.